The summed E-state index contributed by atoms with van der Waals surface area (Å²) in [5.74, 6) is 0.699. The summed E-state index contributed by atoms with van der Waals surface area (Å²) in [6.07, 6.45) is 0.966. The van der Waals surface area contributed by atoms with Crippen LogP contribution in [0.4, 0.5) is 17.1 Å². The number of para-hydroxylation sites is 1. The first kappa shape index (κ1) is 17.6. The fourth-order valence-corrected chi connectivity index (χ4v) is 3.87. The zero-order chi connectivity index (χ0) is 17.8. The van der Waals surface area contributed by atoms with Crippen LogP contribution in [0.2, 0.25) is 5.02 Å². The average molecular weight is 378 g/mol. The van der Waals surface area contributed by atoms with E-state index in [9.17, 15) is 14.9 Å². The van der Waals surface area contributed by atoms with Gasteiger partial charge in [0.05, 0.1) is 17.2 Å². The molecule has 1 heterocycles. The molecule has 25 heavy (non-hydrogen) atoms. The van der Waals surface area contributed by atoms with E-state index in [-0.39, 0.29) is 28.8 Å². The molecule has 2 aromatic rings. The minimum Gasteiger partial charge on any atom is -0.361 e. The molecule has 0 aliphatic carbocycles. The number of rotatable bonds is 4. The fraction of sp³-hybridized carbons (Fsp3) is 0.235. The molecule has 0 atom stereocenters. The molecule has 0 spiro atoms. The van der Waals surface area contributed by atoms with Gasteiger partial charge >= 0.3 is 0 Å². The average Bonchev–Trinajstić information content (AvgIpc) is 2.79. The standard InChI is InChI=1S/C17H16ClN3O3S/c18-12-6-7-13(15(10-12)21(23)24)19-17(22)11-20-8-3-9-25-16-5-2-1-4-14(16)20/h1-2,4-7,10H,3,8-9,11H2,(H,19,22). The molecule has 0 saturated carbocycles. The highest BCUT2D eigenvalue weighted by molar-refractivity contribution is 7.99. The van der Waals surface area contributed by atoms with E-state index < -0.39 is 4.92 Å². The van der Waals surface area contributed by atoms with Crippen LogP contribution in [-0.4, -0.2) is 29.7 Å². The number of nitro groups is 1. The highest BCUT2D eigenvalue weighted by Crippen LogP contribution is 2.33. The first-order valence-corrected chi connectivity index (χ1v) is 9.11. The van der Waals surface area contributed by atoms with Gasteiger partial charge in [-0.25, -0.2) is 0 Å². The predicted molar refractivity (Wildman–Crippen MR) is 101 cm³/mol. The van der Waals surface area contributed by atoms with Crippen LogP contribution in [0, 0.1) is 10.1 Å². The molecule has 6 nitrogen and oxygen atoms in total. The van der Waals surface area contributed by atoms with Crippen LogP contribution in [-0.2, 0) is 4.79 Å². The molecule has 1 aliphatic rings. The molecule has 0 saturated heterocycles. The molecule has 0 fully saturated rings. The first-order valence-electron chi connectivity index (χ1n) is 7.75. The maximum absolute atomic E-state index is 12.4. The molecule has 2 aromatic carbocycles. The number of anilines is 2. The minimum absolute atomic E-state index is 0.136. The van der Waals surface area contributed by atoms with Crippen LogP contribution in [0.1, 0.15) is 6.42 Å². The molecular weight excluding hydrogens is 362 g/mol. The van der Waals surface area contributed by atoms with Gasteiger partial charge in [0.15, 0.2) is 0 Å². The monoisotopic (exact) mass is 377 g/mol. The number of benzene rings is 2. The Morgan fingerprint density at radius 3 is 2.92 bits per heavy atom. The Bertz CT molecular complexity index is 815. The predicted octanol–water partition coefficient (Wildman–Crippen LogP) is 4.19. The Kier molecular flexibility index (Phi) is 5.45. The third-order valence-electron chi connectivity index (χ3n) is 3.80. The molecule has 8 heteroatoms. The van der Waals surface area contributed by atoms with Gasteiger partial charge in [-0.15, -0.1) is 11.8 Å². The maximum Gasteiger partial charge on any atom is 0.294 e. The van der Waals surface area contributed by atoms with Crippen molar-refractivity contribution in [2.45, 2.75) is 11.3 Å². The molecule has 3 rings (SSSR count). The van der Waals surface area contributed by atoms with Gasteiger partial charge in [0.1, 0.15) is 5.69 Å². The largest absolute Gasteiger partial charge is 0.361 e. The Balaban J connectivity index is 1.76. The Hall–Kier alpha value is -2.25. The lowest BCUT2D eigenvalue weighted by Gasteiger charge is -2.23. The lowest BCUT2D eigenvalue weighted by molar-refractivity contribution is -0.383. The highest BCUT2D eigenvalue weighted by atomic mass is 35.5. The van der Waals surface area contributed by atoms with Crippen LogP contribution in [0.5, 0.6) is 0 Å². The fourth-order valence-electron chi connectivity index (χ4n) is 2.69. The number of carbonyl (C=O) groups excluding carboxylic acids is 1. The number of thioether (sulfide) groups is 1. The summed E-state index contributed by atoms with van der Waals surface area (Å²) in [6.45, 7) is 0.900. The van der Waals surface area contributed by atoms with Crippen molar-refractivity contribution < 1.29 is 9.72 Å². The third-order valence-corrected chi connectivity index (χ3v) is 5.19. The molecule has 0 aromatic heterocycles. The maximum atomic E-state index is 12.4. The Labute approximate surface area is 154 Å². The van der Waals surface area contributed by atoms with Gasteiger partial charge in [0.25, 0.3) is 5.69 Å². The van der Waals surface area contributed by atoms with Crippen molar-refractivity contribution in [3.63, 3.8) is 0 Å². The Morgan fingerprint density at radius 1 is 1.32 bits per heavy atom. The van der Waals surface area contributed by atoms with E-state index in [1.54, 1.807) is 11.8 Å². The minimum atomic E-state index is -0.556. The molecule has 0 bridgehead atoms. The number of halogens is 1. The number of hydrogen-bond donors (Lipinski definition) is 1. The molecule has 1 N–H and O–H groups in total. The van der Waals surface area contributed by atoms with Gasteiger partial charge in [0, 0.05) is 22.5 Å². The van der Waals surface area contributed by atoms with E-state index >= 15 is 0 Å². The smallest absolute Gasteiger partial charge is 0.294 e. The molecule has 130 valence electrons. The molecular formula is C17H16ClN3O3S. The molecule has 0 unspecified atom stereocenters. The van der Waals surface area contributed by atoms with Crippen LogP contribution in [0.3, 0.4) is 0 Å². The lowest BCUT2D eigenvalue weighted by Crippen LogP contribution is -2.34. The summed E-state index contributed by atoms with van der Waals surface area (Å²) < 4.78 is 0. The van der Waals surface area contributed by atoms with E-state index in [0.29, 0.717) is 0 Å². The second-order valence-electron chi connectivity index (χ2n) is 5.56. The molecule has 0 radical (unpaired) electrons. The van der Waals surface area contributed by atoms with E-state index in [0.717, 1.165) is 29.3 Å². The van der Waals surface area contributed by atoms with Gasteiger partial charge in [-0.2, -0.15) is 0 Å². The van der Waals surface area contributed by atoms with Gasteiger partial charge in [-0.3, -0.25) is 14.9 Å². The van der Waals surface area contributed by atoms with Gasteiger partial charge < -0.3 is 10.2 Å². The normalized spacial score (nSPS) is 13.7. The number of amides is 1. The van der Waals surface area contributed by atoms with Crippen molar-refractivity contribution in [2.24, 2.45) is 0 Å². The van der Waals surface area contributed by atoms with Crippen molar-refractivity contribution in [3.8, 4) is 0 Å². The van der Waals surface area contributed by atoms with Crippen LogP contribution in [0.15, 0.2) is 47.4 Å². The second kappa shape index (κ2) is 7.76. The topological polar surface area (TPSA) is 75.5 Å². The van der Waals surface area contributed by atoms with Crippen molar-refractivity contribution in [1.82, 2.24) is 0 Å². The molecule has 1 aliphatic heterocycles. The quantitative estimate of drug-likeness (QED) is 0.638. The number of carbonyl (C=O) groups is 1. The second-order valence-corrected chi connectivity index (χ2v) is 7.13. The summed E-state index contributed by atoms with van der Waals surface area (Å²) in [5.41, 5.74) is 0.954. The summed E-state index contributed by atoms with van der Waals surface area (Å²) in [5, 5.41) is 14.0. The van der Waals surface area contributed by atoms with Crippen LogP contribution >= 0.6 is 23.4 Å². The van der Waals surface area contributed by atoms with E-state index in [1.165, 1.54) is 18.2 Å². The number of nitrogens with one attached hydrogen (secondary N) is 1. The van der Waals surface area contributed by atoms with Crippen molar-refractivity contribution in [2.75, 3.05) is 29.1 Å². The SMILES string of the molecule is O=C(CN1CCCSc2ccccc21)Nc1ccc(Cl)cc1[N+](=O)[O-]. The van der Waals surface area contributed by atoms with Gasteiger partial charge in [-0.1, -0.05) is 23.7 Å². The Morgan fingerprint density at radius 2 is 2.12 bits per heavy atom. The van der Waals surface area contributed by atoms with Crippen molar-refractivity contribution >= 4 is 46.3 Å². The van der Waals surface area contributed by atoms with Crippen molar-refractivity contribution in [3.05, 3.63) is 57.6 Å². The summed E-state index contributed by atoms with van der Waals surface area (Å²) >= 11 is 7.57. The zero-order valence-corrected chi connectivity index (χ0v) is 14.8. The van der Waals surface area contributed by atoms with E-state index in [2.05, 4.69) is 5.32 Å². The first-order chi connectivity index (χ1) is 12.0. The van der Waals surface area contributed by atoms with E-state index in [4.69, 9.17) is 11.6 Å². The summed E-state index contributed by atoms with van der Waals surface area (Å²) in [6, 6.07) is 12.2. The van der Waals surface area contributed by atoms with E-state index in [1.807, 2.05) is 29.2 Å². The number of hydrogen-bond acceptors (Lipinski definition) is 5. The molecule has 1 amide bonds. The number of nitro benzene ring substituents is 1. The summed E-state index contributed by atoms with van der Waals surface area (Å²) in [4.78, 5) is 26.2. The lowest BCUT2D eigenvalue weighted by atomic mass is 10.2. The third kappa shape index (κ3) is 4.24. The highest BCUT2D eigenvalue weighted by Gasteiger charge is 2.20. The van der Waals surface area contributed by atoms with Gasteiger partial charge in [-0.05, 0) is 36.4 Å². The number of fused-ring (bicyclic) bond motifs is 1. The van der Waals surface area contributed by atoms with Gasteiger partial charge in [0.2, 0.25) is 5.91 Å². The summed E-state index contributed by atoms with van der Waals surface area (Å²) in [7, 11) is 0. The number of nitrogens with zero attached hydrogens (tertiary/aromatic N) is 2. The zero-order valence-electron chi connectivity index (χ0n) is 13.3. The van der Waals surface area contributed by atoms with Crippen LogP contribution < -0.4 is 10.2 Å². The van der Waals surface area contributed by atoms with Crippen LogP contribution in [0.25, 0.3) is 0 Å². The van der Waals surface area contributed by atoms with Crippen molar-refractivity contribution in [1.29, 1.82) is 0 Å².